The summed E-state index contributed by atoms with van der Waals surface area (Å²) in [5.41, 5.74) is 8.01. The number of halogens is 1. The zero-order valence-electron chi connectivity index (χ0n) is 15.5. The molecule has 3 aromatic rings. The number of hydrogen-bond acceptors (Lipinski definition) is 6. The minimum absolute atomic E-state index is 0.145. The van der Waals surface area contributed by atoms with Crippen molar-refractivity contribution in [3.8, 4) is 22.4 Å². The van der Waals surface area contributed by atoms with Crippen LogP contribution in [-0.2, 0) is 15.6 Å². The Balaban J connectivity index is 1.65. The van der Waals surface area contributed by atoms with Crippen LogP contribution >= 0.6 is 0 Å². The molecule has 8 heteroatoms. The van der Waals surface area contributed by atoms with Crippen molar-refractivity contribution >= 4 is 15.7 Å². The third-order valence-corrected chi connectivity index (χ3v) is 7.29. The Bertz CT molecular complexity index is 1140. The summed E-state index contributed by atoms with van der Waals surface area (Å²) in [6.07, 6.45) is 2.77. The molecule has 0 aliphatic heterocycles. The maximum atomic E-state index is 14.8. The quantitative estimate of drug-likeness (QED) is 0.666. The Morgan fingerprint density at radius 3 is 2.48 bits per heavy atom. The second-order valence-electron chi connectivity index (χ2n) is 7.23. The molecule has 29 heavy (non-hydrogen) atoms. The smallest absolute Gasteiger partial charge is 0.157 e. The Labute approximate surface area is 168 Å². The summed E-state index contributed by atoms with van der Waals surface area (Å²) in [7, 11) is -3.39. The maximum absolute atomic E-state index is 14.8. The molecule has 0 atom stereocenters. The topological polar surface area (TPSA) is 106 Å². The molecule has 0 bridgehead atoms. The molecular weight excluding hydrogens is 393 g/mol. The van der Waals surface area contributed by atoms with E-state index in [9.17, 15) is 17.9 Å². The Morgan fingerprint density at radius 1 is 1.07 bits per heavy atom. The van der Waals surface area contributed by atoms with Gasteiger partial charge < -0.3 is 10.8 Å². The number of aliphatic hydroxyl groups excluding tert-OH is 1. The lowest BCUT2D eigenvalue weighted by atomic mass is 9.96. The highest BCUT2D eigenvalue weighted by molar-refractivity contribution is 7.91. The second-order valence-corrected chi connectivity index (χ2v) is 9.51. The van der Waals surface area contributed by atoms with E-state index in [-0.39, 0.29) is 30.0 Å². The highest BCUT2D eigenvalue weighted by Gasteiger charge is 2.37. The number of nitrogens with two attached hydrogens (primary N) is 1. The van der Waals surface area contributed by atoms with Crippen LogP contribution in [0.1, 0.15) is 18.4 Å². The number of nitrogen functional groups attached to an aromatic ring is 1. The van der Waals surface area contributed by atoms with Crippen LogP contribution in [0.15, 0.2) is 54.9 Å². The van der Waals surface area contributed by atoms with E-state index in [1.54, 1.807) is 36.4 Å². The van der Waals surface area contributed by atoms with Crippen molar-refractivity contribution < 1.29 is 17.9 Å². The zero-order valence-corrected chi connectivity index (χ0v) is 16.3. The van der Waals surface area contributed by atoms with Gasteiger partial charge in [0.2, 0.25) is 0 Å². The van der Waals surface area contributed by atoms with E-state index in [4.69, 9.17) is 5.73 Å². The van der Waals surface area contributed by atoms with Crippen molar-refractivity contribution in [1.82, 2.24) is 9.97 Å². The molecule has 1 aliphatic carbocycles. The monoisotopic (exact) mass is 413 g/mol. The summed E-state index contributed by atoms with van der Waals surface area (Å²) < 4.78 is 40.1. The molecule has 1 aromatic heterocycles. The first-order valence-electron chi connectivity index (χ1n) is 9.19. The van der Waals surface area contributed by atoms with E-state index in [1.807, 2.05) is 0 Å². The van der Waals surface area contributed by atoms with Crippen LogP contribution in [0.5, 0.6) is 0 Å². The number of anilines is 1. The molecule has 0 spiro atoms. The summed E-state index contributed by atoms with van der Waals surface area (Å²) in [6.45, 7) is 0. The van der Waals surface area contributed by atoms with Gasteiger partial charge in [0.1, 0.15) is 11.6 Å². The average Bonchev–Trinajstić information content (AvgIpc) is 2.66. The number of sulfone groups is 1. The van der Waals surface area contributed by atoms with Gasteiger partial charge in [-0.3, -0.25) is 4.98 Å². The van der Waals surface area contributed by atoms with Crippen molar-refractivity contribution in [2.75, 3.05) is 5.73 Å². The van der Waals surface area contributed by atoms with Crippen LogP contribution in [0.25, 0.3) is 22.4 Å². The predicted molar refractivity (Wildman–Crippen MR) is 109 cm³/mol. The van der Waals surface area contributed by atoms with Gasteiger partial charge in [-0.2, -0.15) is 0 Å². The first kappa shape index (κ1) is 19.5. The predicted octanol–water partition coefficient (Wildman–Crippen LogP) is 2.97. The van der Waals surface area contributed by atoms with Crippen LogP contribution in [0, 0.1) is 5.82 Å². The van der Waals surface area contributed by atoms with Gasteiger partial charge in [-0.25, -0.2) is 17.8 Å². The van der Waals surface area contributed by atoms with Gasteiger partial charge in [0.05, 0.1) is 35.2 Å². The summed E-state index contributed by atoms with van der Waals surface area (Å²) in [6, 6.07) is 11.8. The third-order valence-electron chi connectivity index (χ3n) is 5.18. The first-order valence-corrected chi connectivity index (χ1v) is 10.9. The van der Waals surface area contributed by atoms with Gasteiger partial charge in [-0.1, -0.05) is 30.3 Å². The van der Waals surface area contributed by atoms with E-state index in [0.717, 1.165) is 0 Å². The van der Waals surface area contributed by atoms with Crippen LogP contribution in [-0.4, -0.2) is 34.8 Å². The summed E-state index contributed by atoms with van der Waals surface area (Å²) in [5.74, 6) is -0.380. The van der Waals surface area contributed by atoms with Crippen molar-refractivity contribution in [3.05, 3.63) is 66.2 Å². The average molecular weight is 413 g/mol. The van der Waals surface area contributed by atoms with Crippen molar-refractivity contribution in [2.24, 2.45) is 0 Å². The highest BCUT2D eigenvalue weighted by atomic mass is 32.2. The van der Waals surface area contributed by atoms with Crippen LogP contribution in [0.3, 0.4) is 0 Å². The van der Waals surface area contributed by atoms with E-state index in [1.165, 1.54) is 18.5 Å². The summed E-state index contributed by atoms with van der Waals surface area (Å²) in [4.78, 5) is 8.02. The number of aliphatic hydroxyl groups is 1. The molecule has 0 amide bonds. The van der Waals surface area contributed by atoms with Gasteiger partial charge in [-0.05, 0) is 41.7 Å². The van der Waals surface area contributed by atoms with E-state index >= 15 is 0 Å². The fourth-order valence-corrected chi connectivity index (χ4v) is 5.41. The van der Waals surface area contributed by atoms with E-state index < -0.39 is 27.0 Å². The second kappa shape index (κ2) is 7.53. The number of rotatable bonds is 5. The van der Waals surface area contributed by atoms with Crippen molar-refractivity contribution in [1.29, 1.82) is 0 Å². The standard InChI is InChI=1S/C21H20FN3O3S/c22-19-7-13(5-6-18(19)20-10-25-21(23)11-24-20)17-4-2-1-3-14(17)12-29(27,28)16-8-15(26)9-16/h1-7,10-11,15-16,26H,8-9,12H2,(H2,23,25). The third kappa shape index (κ3) is 3.99. The molecule has 4 rings (SSSR count). The molecule has 1 fully saturated rings. The zero-order chi connectivity index (χ0) is 20.6. The molecule has 1 heterocycles. The molecule has 1 saturated carbocycles. The Morgan fingerprint density at radius 2 is 1.83 bits per heavy atom. The summed E-state index contributed by atoms with van der Waals surface area (Å²) in [5, 5.41) is 8.90. The summed E-state index contributed by atoms with van der Waals surface area (Å²) >= 11 is 0. The number of nitrogens with zero attached hydrogens (tertiary/aromatic N) is 2. The Kier molecular flexibility index (Phi) is 5.06. The maximum Gasteiger partial charge on any atom is 0.157 e. The number of hydrogen-bond donors (Lipinski definition) is 2. The minimum Gasteiger partial charge on any atom is -0.393 e. The number of aromatic nitrogens is 2. The molecule has 6 nitrogen and oxygen atoms in total. The highest BCUT2D eigenvalue weighted by Crippen LogP contribution is 2.33. The van der Waals surface area contributed by atoms with Crippen molar-refractivity contribution in [3.63, 3.8) is 0 Å². The molecule has 0 saturated heterocycles. The largest absolute Gasteiger partial charge is 0.393 e. The van der Waals surface area contributed by atoms with Gasteiger partial charge in [-0.15, -0.1) is 0 Å². The molecule has 0 radical (unpaired) electrons. The molecule has 150 valence electrons. The lowest BCUT2D eigenvalue weighted by Gasteiger charge is -2.31. The number of benzene rings is 2. The SMILES string of the molecule is Nc1cnc(-c2ccc(-c3ccccc3CS(=O)(=O)C3CC(O)C3)cc2F)cn1. The molecule has 3 N–H and O–H groups in total. The van der Waals surface area contributed by atoms with Gasteiger partial charge >= 0.3 is 0 Å². The molecule has 0 unspecified atom stereocenters. The van der Waals surface area contributed by atoms with Crippen LogP contribution < -0.4 is 5.73 Å². The van der Waals surface area contributed by atoms with Crippen molar-refractivity contribution in [2.45, 2.75) is 29.9 Å². The lowest BCUT2D eigenvalue weighted by Crippen LogP contribution is -2.39. The minimum atomic E-state index is -3.39. The van der Waals surface area contributed by atoms with Crippen LogP contribution in [0.4, 0.5) is 10.2 Å². The lowest BCUT2D eigenvalue weighted by molar-refractivity contribution is 0.0976. The molecule has 2 aromatic carbocycles. The van der Waals surface area contributed by atoms with Gasteiger partial charge in [0.25, 0.3) is 0 Å². The first-order chi connectivity index (χ1) is 13.8. The molecule has 1 aliphatic rings. The normalized spacial score (nSPS) is 19.0. The fraction of sp³-hybridized carbons (Fsp3) is 0.238. The van der Waals surface area contributed by atoms with Crippen LogP contribution in [0.2, 0.25) is 0 Å². The molecular formula is C21H20FN3O3S. The van der Waals surface area contributed by atoms with E-state index in [0.29, 0.717) is 22.4 Å². The van der Waals surface area contributed by atoms with Gasteiger partial charge in [0.15, 0.2) is 9.84 Å². The van der Waals surface area contributed by atoms with Gasteiger partial charge in [0, 0.05) is 5.56 Å². The fourth-order valence-electron chi connectivity index (χ4n) is 3.46. The van der Waals surface area contributed by atoms with E-state index in [2.05, 4.69) is 9.97 Å². The Hall–Kier alpha value is -2.84.